The molecule has 7 nitrogen and oxygen atoms in total. The molecule has 29 heavy (non-hydrogen) atoms. The van der Waals surface area contributed by atoms with Crippen LogP contribution in [0, 0.1) is 0 Å². The third-order valence-corrected chi connectivity index (χ3v) is 4.61. The predicted octanol–water partition coefficient (Wildman–Crippen LogP) is 2.40. The maximum atomic E-state index is 13.0. The molecule has 0 radical (unpaired) electrons. The quantitative estimate of drug-likeness (QED) is 0.644. The Labute approximate surface area is 169 Å². The van der Waals surface area contributed by atoms with Gasteiger partial charge < -0.3 is 14.8 Å². The summed E-state index contributed by atoms with van der Waals surface area (Å²) in [6.07, 6.45) is 6.92. The number of hydrogen-bond acceptors (Lipinski definition) is 6. The van der Waals surface area contributed by atoms with Gasteiger partial charge in [0.15, 0.2) is 11.5 Å². The van der Waals surface area contributed by atoms with Crippen LogP contribution >= 0.6 is 0 Å². The van der Waals surface area contributed by atoms with E-state index in [1.54, 1.807) is 24.8 Å². The van der Waals surface area contributed by atoms with E-state index < -0.39 is 6.04 Å². The molecule has 3 heterocycles. The molecule has 2 aromatic heterocycles. The van der Waals surface area contributed by atoms with E-state index in [2.05, 4.69) is 20.6 Å². The molecule has 1 aliphatic heterocycles. The average Bonchev–Trinajstić information content (AvgIpc) is 2.79. The summed E-state index contributed by atoms with van der Waals surface area (Å²) in [4.78, 5) is 21.2. The molecule has 3 aromatic rings. The van der Waals surface area contributed by atoms with Gasteiger partial charge in [0.1, 0.15) is 19.3 Å². The highest BCUT2D eigenvalue weighted by Crippen LogP contribution is 2.32. The molecule has 1 aromatic carbocycles. The number of aromatic nitrogens is 2. The van der Waals surface area contributed by atoms with Crippen LogP contribution in [0.25, 0.3) is 0 Å². The zero-order valence-corrected chi connectivity index (χ0v) is 15.9. The number of amides is 1. The minimum atomic E-state index is -0.548. The first kappa shape index (κ1) is 18.9. The molecule has 1 atom stereocenters. The van der Waals surface area contributed by atoms with Crippen molar-refractivity contribution in [3.8, 4) is 11.5 Å². The SMILES string of the molecule is O=C(NCc1ccncc1)C(NCc1cccnc1)c1ccc2c(c1)OCCO2. The van der Waals surface area contributed by atoms with E-state index in [0.717, 1.165) is 16.7 Å². The normalized spacial score (nSPS) is 13.5. The van der Waals surface area contributed by atoms with Gasteiger partial charge >= 0.3 is 0 Å². The summed E-state index contributed by atoms with van der Waals surface area (Å²) < 4.78 is 11.3. The van der Waals surface area contributed by atoms with Crippen molar-refractivity contribution < 1.29 is 14.3 Å². The highest BCUT2D eigenvalue weighted by molar-refractivity contribution is 5.83. The molecule has 2 N–H and O–H groups in total. The van der Waals surface area contributed by atoms with Crippen molar-refractivity contribution >= 4 is 5.91 Å². The zero-order chi connectivity index (χ0) is 19.9. The fraction of sp³-hybridized carbons (Fsp3) is 0.227. The molecule has 1 unspecified atom stereocenters. The van der Waals surface area contributed by atoms with Crippen LogP contribution < -0.4 is 20.1 Å². The summed E-state index contributed by atoms with van der Waals surface area (Å²) in [6.45, 7) is 1.96. The number of benzene rings is 1. The van der Waals surface area contributed by atoms with Crippen LogP contribution in [0.4, 0.5) is 0 Å². The summed E-state index contributed by atoms with van der Waals surface area (Å²) in [5, 5.41) is 6.33. The molecule has 0 bridgehead atoms. The Hall–Kier alpha value is -3.45. The number of rotatable bonds is 7. The number of pyridine rings is 2. The first-order chi connectivity index (χ1) is 14.3. The van der Waals surface area contributed by atoms with Crippen LogP contribution in [-0.2, 0) is 17.9 Å². The predicted molar refractivity (Wildman–Crippen MR) is 107 cm³/mol. The molecule has 0 saturated heterocycles. The Morgan fingerprint density at radius 3 is 2.55 bits per heavy atom. The first-order valence-corrected chi connectivity index (χ1v) is 9.48. The lowest BCUT2D eigenvalue weighted by Crippen LogP contribution is -2.37. The monoisotopic (exact) mass is 390 g/mol. The van der Waals surface area contributed by atoms with E-state index in [1.807, 2.05) is 42.5 Å². The van der Waals surface area contributed by atoms with E-state index >= 15 is 0 Å². The van der Waals surface area contributed by atoms with Crippen LogP contribution in [0.1, 0.15) is 22.7 Å². The van der Waals surface area contributed by atoms with Gasteiger partial charge in [-0.3, -0.25) is 20.1 Å². The van der Waals surface area contributed by atoms with Crippen molar-refractivity contribution in [2.24, 2.45) is 0 Å². The molecule has 7 heteroatoms. The van der Waals surface area contributed by atoms with Crippen molar-refractivity contribution in [2.45, 2.75) is 19.1 Å². The highest BCUT2D eigenvalue weighted by atomic mass is 16.6. The number of fused-ring (bicyclic) bond motifs is 1. The topological polar surface area (TPSA) is 85.4 Å². The highest BCUT2D eigenvalue weighted by Gasteiger charge is 2.23. The van der Waals surface area contributed by atoms with E-state index in [4.69, 9.17) is 9.47 Å². The maximum Gasteiger partial charge on any atom is 0.242 e. The average molecular weight is 390 g/mol. The molecule has 1 aliphatic rings. The summed E-state index contributed by atoms with van der Waals surface area (Å²) in [6, 6.07) is 12.6. The number of nitrogens with one attached hydrogen (secondary N) is 2. The van der Waals surface area contributed by atoms with Crippen molar-refractivity contribution in [3.05, 3.63) is 83.9 Å². The second-order valence-electron chi connectivity index (χ2n) is 6.65. The van der Waals surface area contributed by atoms with Crippen LogP contribution in [0.5, 0.6) is 11.5 Å². The summed E-state index contributed by atoms with van der Waals surface area (Å²) in [7, 11) is 0. The maximum absolute atomic E-state index is 13.0. The number of nitrogens with zero attached hydrogens (tertiary/aromatic N) is 2. The molecule has 1 amide bonds. The second-order valence-corrected chi connectivity index (χ2v) is 6.65. The molecular formula is C22H22N4O3. The number of carbonyl (C=O) groups excluding carboxylic acids is 1. The largest absolute Gasteiger partial charge is 0.486 e. The Morgan fingerprint density at radius 1 is 0.931 bits per heavy atom. The Kier molecular flexibility index (Phi) is 5.97. The summed E-state index contributed by atoms with van der Waals surface area (Å²) >= 11 is 0. The van der Waals surface area contributed by atoms with Gasteiger partial charge in [-0.05, 0) is 47.0 Å². The Balaban J connectivity index is 1.52. The van der Waals surface area contributed by atoms with Gasteiger partial charge in [-0.15, -0.1) is 0 Å². The molecule has 0 aliphatic carbocycles. The number of carbonyl (C=O) groups is 1. The first-order valence-electron chi connectivity index (χ1n) is 9.48. The van der Waals surface area contributed by atoms with Gasteiger partial charge in [-0.1, -0.05) is 12.1 Å². The smallest absolute Gasteiger partial charge is 0.242 e. The molecule has 0 saturated carbocycles. The lowest BCUT2D eigenvalue weighted by Gasteiger charge is -2.23. The van der Waals surface area contributed by atoms with Crippen LogP contribution in [0.15, 0.2) is 67.3 Å². The van der Waals surface area contributed by atoms with Gasteiger partial charge in [0, 0.05) is 37.9 Å². The Morgan fingerprint density at radius 2 is 1.76 bits per heavy atom. The summed E-state index contributed by atoms with van der Waals surface area (Å²) in [5.74, 6) is 1.23. The fourth-order valence-corrected chi connectivity index (χ4v) is 3.12. The lowest BCUT2D eigenvalue weighted by molar-refractivity contribution is -0.123. The molecular weight excluding hydrogens is 368 g/mol. The van der Waals surface area contributed by atoms with Crippen molar-refractivity contribution in [2.75, 3.05) is 13.2 Å². The van der Waals surface area contributed by atoms with E-state index in [1.165, 1.54) is 0 Å². The number of hydrogen-bond donors (Lipinski definition) is 2. The number of ether oxygens (including phenoxy) is 2. The third kappa shape index (κ3) is 4.89. The standard InChI is InChI=1S/C22H22N4O3/c27-22(26-14-16-5-8-23-9-6-16)21(25-15-17-2-1-7-24-13-17)18-3-4-19-20(12-18)29-11-10-28-19/h1-9,12-13,21,25H,10-11,14-15H2,(H,26,27). The van der Waals surface area contributed by atoms with Crippen LogP contribution in [0.2, 0.25) is 0 Å². The minimum Gasteiger partial charge on any atom is -0.486 e. The van der Waals surface area contributed by atoms with Gasteiger partial charge in [-0.2, -0.15) is 0 Å². The van der Waals surface area contributed by atoms with Crippen molar-refractivity contribution in [1.29, 1.82) is 0 Å². The van der Waals surface area contributed by atoms with Gasteiger partial charge in [-0.25, -0.2) is 0 Å². The molecule has 4 rings (SSSR count). The summed E-state index contributed by atoms with van der Waals surface area (Å²) in [5.41, 5.74) is 2.80. The molecule has 0 fully saturated rings. The van der Waals surface area contributed by atoms with Gasteiger partial charge in [0.05, 0.1) is 0 Å². The van der Waals surface area contributed by atoms with Gasteiger partial charge in [0.25, 0.3) is 0 Å². The van der Waals surface area contributed by atoms with Crippen molar-refractivity contribution in [1.82, 2.24) is 20.6 Å². The minimum absolute atomic E-state index is 0.123. The van der Waals surface area contributed by atoms with Crippen molar-refractivity contribution in [3.63, 3.8) is 0 Å². The van der Waals surface area contributed by atoms with E-state index in [9.17, 15) is 4.79 Å². The van der Waals surface area contributed by atoms with E-state index in [0.29, 0.717) is 37.8 Å². The van der Waals surface area contributed by atoms with Crippen LogP contribution in [0.3, 0.4) is 0 Å². The molecule has 0 spiro atoms. The van der Waals surface area contributed by atoms with Gasteiger partial charge in [0.2, 0.25) is 5.91 Å². The third-order valence-electron chi connectivity index (χ3n) is 4.61. The fourth-order valence-electron chi connectivity index (χ4n) is 3.12. The van der Waals surface area contributed by atoms with E-state index in [-0.39, 0.29) is 5.91 Å². The lowest BCUT2D eigenvalue weighted by atomic mass is 10.0. The molecule has 148 valence electrons. The zero-order valence-electron chi connectivity index (χ0n) is 15.9. The second kappa shape index (κ2) is 9.16. The van der Waals surface area contributed by atoms with Crippen LogP contribution in [-0.4, -0.2) is 29.1 Å². The Bertz CT molecular complexity index is 951.